The third kappa shape index (κ3) is 2.53. The van der Waals surface area contributed by atoms with Crippen molar-refractivity contribution in [2.75, 3.05) is 0 Å². The number of aromatic amines is 1. The molecule has 17 heavy (non-hydrogen) atoms. The van der Waals surface area contributed by atoms with Gasteiger partial charge in [-0.05, 0) is 19.1 Å². The van der Waals surface area contributed by atoms with Crippen molar-refractivity contribution >= 4 is 5.97 Å². The van der Waals surface area contributed by atoms with Crippen molar-refractivity contribution in [3.8, 4) is 0 Å². The molecule has 0 saturated heterocycles. The van der Waals surface area contributed by atoms with Crippen LogP contribution < -0.4 is 4.68 Å². The lowest BCUT2D eigenvalue weighted by Gasteiger charge is -1.98. The van der Waals surface area contributed by atoms with E-state index in [4.69, 9.17) is 5.11 Å². The molecule has 0 aliphatic rings. The van der Waals surface area contributed by atoms with Gasteiger partial charge >= 0.3 is 5.97 Å². The quantitative estimate of drug-likeness (QED) is 0.789. The number of aromatic carboxylic acids is 1. The van der Waals surface area contributed by atoms with Gasteiger partial charge in [-0.2, -0.15) is 5.10 Å². The Morgan fingerprint density at radius 3 is 2.41 bits per heavy atom. The minimum atomic E-state index is -0.892. The summed E-state index contributed by atoms with van der Waals surface area (Å²) < 4.78 is 2.03. The van der Waals surface area contributed by atoms with Gasteiger partial charge in [0.05, 0.1) is 11.3 Å². The van der Waals surface area contributed by atoms with E-state index in [1.54, 1.807) is 12.1 Å². The van der Waals surface area contributed by atoms with Gasteiger partial charge in [0.15, 0.2) is 6.54 Å². The van der Waals surface area contributed by atoms with Crippen LogP contribution in [0.25, 0.3) is 0 Å². The molecule has 0 fully saturated rings. The molecule has 88 valence electrons. The van der Waals surface area contributed by atoms with Crippen LogP contribution in [-0.4, -0.2) is 16.2 Å². The van der Waals surface area contributed by atoms with E-state index < -0.39 is 5.97 Å². The molecule has 1 aromatic carbocycles. The first-order chi connectivity index (χ1) is 8.06. The van der Waals surface area contributed by atoms with Crippen LogP contribution in [-0.2, 0) is 6.54 Å². The largest absolute Gasteiger partial charge is 0.478 e. The van der Waals surface area contributed by atoms with Gasteiger partial charge in [-0.1, -0.05) is 12.1 Å². The van der Waals surface area contributed by atoms with Gasteiger partial charge in [-0.15, -0.1) is 4.68 Å². The van der Waals surface area contributed by atoms with Crippen molar-refractivity contribution in [2.24, 2.45) is 0 Å². The predicted octanol–water partition coefficient (Wildman–Crippen LogP) is 1.67. The average molecular weight is 231 g/mol. The summed E-state index contributed by atoms with van der Waals surface area (Å²) in [6, 6.07) is 9.01. The van der Waals surface area contributed by atoms with Crippen LogP contribution >= 0.6 is 0 Å². The minimum absolute atomic E-state index is 0.318. The Morgan fingerprint density at radius 1 is 1.29 bits per heavy atom. The Kier molecular flexibility index (Phi) is 2.95. The molecule has 4 nitrogen and oxygen atoms in total. The van der Waals surface area contributed by atoms with Crippen molar-refractivity contribution in [3.63, 3.8) is 0 Å². The highest BCUT2D eigenvalue weighted by molar-refractivity contribution is 5.87. The lowest BCUT2D eigenvalue weighted by Crippen LogP contribution is -2.38. The maximum absolute atomic E-state index is 10.7. The summed E-state index contributed by atoms with van der Waals surface area (Å²) in [6.45, 7) is 4.77. The van der Waals surface area contributed by atoms with Crippen LogP contribution in [0.3, 0.4) is 0 Å². The molecule has 0 unspecified atom stereocenters. The molecule has 1 heterocycles. The number of carboxylic acid groups (broad SMARTS) is 1. The lowest BCUT2D eigenvalue weighted by atomic mass is 10.1. The number of rotatable bonds is 3. The van der Waals surface area contributed by atoms with Crippen LogP contribution in [0.15, 0.2) is 30.3 Å². The highest BCUT2D eigenvalue weighted by Crippen LogP contribution is 2.05. The molecule has 0 spiro atoms. The highest BCUT2D eigenvalue weighted by Gasteiger charge is 2.11. The molecule has 2 aromatic rings. The molecule has 2 rings (SSSR count). The fourth-order valence-electron chi connectivity index (χ4n) is 1.82. The molecule has 0 bridgehead atoms. The molecule has 0 radical (unpaired) electrons. The topological polar surface area (TPSA) is 57.0 Å². The normalized spacial score (nSPS) is 10.5. The van der Waals surface area contributed by atoms with E-state index >= 15 is 0 Å². The minimum Gasteiger partial charge on any atom is -0.478 e. The second-order valence-electron chi connectivity index (χ2n) is 4.17. The number of nitrogens with one attached hydrogen (secondary N) is 1. The van der Waals surface area contributed by atoms with Gasteiger partial charge in [0.2, 0.25) is 5.69 Å². The summed E-state index contributed by atoms with van der Waals surface area (Å²) >= 11 is 0. The molecule has 4 heteroatoms. The summed E-state index contributed by atoms with van der Waals surface area (Å²) in [6.07, 6.45) is 0. The number of hydrogen-bond acceptors (Lipinski definition) is 1. The van der Waals surface area contributed by atoms with E-state index in [1.807, 2.05) is 30.7 Å². The van der Waals surface area contributed by atoms with Crippen molar-refractivity contribution in [1.82, 2.24) is 5.10 Å². The van der Waals surface area contributed by atoms with Crippen molar-refractivity contribution in [2.45, 2.75) is 20.4 Å². The van der Waals surface area contributed by atoms with E-state index in [0.717, 1.165) is 23.5 Å². The molecule has 0 saturated carbocycles. The zero-order valence-electron chi connectivity index (χ0n) is 9.90. The standard InChI is InChI=1S/C13H14N2O2/c1-9-7-10(2)15(14-9)8-11-3-5-12(6-4-11)13(16)17/h3-7H,8H2,1-2H3,(H,16,17)/p+1. The number of carbonyl (C=O) groups is 1. The first-order valence-corrected chi connectivity index (χ1v) is 5.44. The van der Waals surface area contributed by atoms with Gasteiger partial charge in [0.25, 0.3) is 0 Å². The van der Waals surface area contributed by atoms with Gasteiger partial charge in [0.1, 0.15) is 0 Å². The van der Waals surface area contributed by atoms with E-state index in [-0.39, 0.29) is 0 Å². The van der Waals surface area contributed by atoms with Crippen LogP contribution in [0.2, 0.25) is 0 Å². The zero-order chi connectivity index (χ0) is 12.4. The molecular formula is C13H15N2O2+. The summed E-state index contributed by atoms with van der Waals surface area (Å²) in [5, 5.41) is 12.0. The fraction of sp³-hybridized carbons (Fsp3) is 0.231. The summed E-state index contributed by atoms with van der Waals surface area (Å²) in [5.41, 5.74) is 3.66. The Bertz CT molecular complexity index is 541. The molecule has 0 atom stereocenters. The van der Waals surface area contributed by atoms with Gasteiger partial charge < -0.3 is 5.11 Å². The zero-order valence-corrected chi connectivity index (χ0v) is 9.90. The second kappa shape index (κ2) is 4.41. The van der Waals surface area contributed by atoms with Gasteiger partial charge in [0, 0.05) is 18.6 Å². The first kappa shape index (κ1) is 11.4. The lowest BCUT2D eigenvalue weighted by molar-refractivity contribution is -0.747. The Balaban J connectivity index is 2.19. The van der Waals surface area contributed by atoms with Crippen molar-refractivity contribution in [1.29, 1.82) is 0 Å². The SMILES string of the molecule is Cc1cc(C)[n+](Cc2ccc(C(=O)O)cc2)[nH]1. The Morgan fingerprint density at radius 2 is 1.94 bits per heavy atom. The van der Waals surface area contributed by atoms with Gasteiger partial charge in [-0.3, -0.25) is 0 Å². The number of carboxylic acids is 1. The Labute approximate surface area is 99.5 Å². The maximum Gasteiger partial charge on any atom is 0.335 e. The summed E-state index contributed by atoms with van der Waals surface area (Å²) in [5.74, 6) is -0.892. The molecule has 1 aromatic heterocycles. The van der Waals surface area contributed by atoms with Crippen molar-refractivity contribution in [3.05, 3.63) is 52.8 Å². The number of nitrogens with zero attached hydrogens (tertiary/aromatic N) is 1. The maximum atomic E-state index is 10.7. The monoisotopic (exact) mass is 231 g/mol. The predicted molar refractivity (Wildman–Crippen MR) is 63.0 cm³/mol. The van der Waals surface area contributed by atoms with E-state index in [1.165, 1.54) is 0 Å². The third-order valence-electron chi connectivity index (χ3n) is 2.70. The smallest absolute Gasteiger partial charge is 0.335 e. The average Bonchev–Trinajstić information content (AvgIpc) is 2.58. The van der Waals surface area contributed by atoms with E-state index in [2.05, 4.69) is 11.2 Å². The van der Waals surface area contributed by atoms with Crippen molar-refractivity contribution < 1.29 is 14.6 Å². The van der Waals surface area contributed by atoms with Crippen LogP contribution in [0, 0.1) is 13.8 Å². The highest BCUT2D eigenvalue weighted by atomic mass is 16.4. The van der Waals surface area contributed by atoms with Crippen LogP contribution in [0.5, 0.6) is 0 Å². The number of benzene rings is 1. The fourth-order valence-corrected chi connectivity index (χ4v) is 1.82. The second-order valence-corrected chi connectivity index (χ2v) is 4.17. The first-order valence-electron chi connectivity index (χ1n) is 5.44. The molecule has 0 amide bonds. The number of aryl methyl sites for hydroxylation is 2. The third-order valence-corrected chi connectivity index (χ3v) is 2.70. The van der Waals surface area contributed by atoms with Crippen LogP contribution in [0.1, 0.15) is 27.3 Å². The molecule has 0 aliphatic heterocycles. The summed E-state index contributed by atoms with van der Waals surface area (Å²) in [7, 11) is 0. The number of hydrogen-bond donors (Lipinski definition) is 2. The molecule has 0 aliphatic carbocycles. The van der Waals surface area contributed by atoms with E-state index in [9.17, 15) is 4.79 Å². The summed E-state index contributed by atoms with van der Waals surface area (Å²) in [4.78, 5) is 10.7. The van der Waals surface area contributed by atoms with E-state index in [0.29, 0.717) is 5.56 Å². The molecular weight excluding hydrogens is 216 g/mol. The molecule has 2 N–H and O–H groups in total. The number of H-pyrrole nitrogens is 1. The Hall–Kier alpha value is -2.10. The van der Waals surface area contributed by atoms with Gasteiger partial charge in [-0.25, -0.2) is 4.79 Å². The van der Waals surface area contributed by atoms with Crippen LogP contribution in [0.4, 0.5) is 0 Å². The number of aromatic nitrogens is 2.